The molecule has 0 unspecified atom stereocenters. The number of hydrogen-bond acceptors (Lipinski definition) is 10. The van der Waals surface area contributed by atoms with Gasteiger partial charge in [-0.05, 0) is 53.2 Å². The van der Waals surface area contributed by atoms with Gasteiger partial charge in [-0.15, -0.1) is 5.10 Å². The lowest BCUT2D eigenvalue weighted by Crippen LogP contribution is -2.46. The molecule has 1 amide bonds. The Morgan fingerprint density at radius 2 is 2.03 bits per heavy atom. The molecule has 39 heavy (non-hydrogen) atoms. The van der Waals surface area contributed by atoms with Gasteiger partial charge in [0.15, 0.2) is 17.5 Å². The quantitative estimate of drug-likeness (QED) is 0.312. The number of nitriles is 1. The molecule has 3 heterocycles. The highest BCUT2D eigenvalue weighted by Crippen LogP contribution is 2.28. The molecule has 0 aliphatic carbocycles. The molecule has 12 nitrogen and oxygen atoms in total. The van der Waals surface area contributed by atoms with Crippen LogP contribution in [-0.4, -0.2) is 55.3 Å². The van der Waals surface area contributed by atoms with Gasteiger partial charge in [-0.3, -0.25) is 0 Å². The van der Waals surface area contributed by atoms with Crippen molar-refractivity contribution in [2.24, 2.45) is 0 Å². The van der Waals surface area contributed by atoms with E-state index in [9.17, 15) is 10.1 Å². The number of halogens is 1. The summed E-state index contributed by atoms with van der Waals surface area (Å²) in [5.41, 5.74) is 0.336. The summed E-state index contributed by atoms with van der Waals surface area (Å²) in [6.45, 7) is 11.3. The molecule has 0 bridgehead atoms. The van der Waals surface area contributed by atoms with E-state index in [0.717, 1.165) is 12.5 Å². The number of nitrogens with one attached hydrogen (secondary N) is 3. The van der Waals surface area contributed by atoms with Gasteiger partial charge in [0.25, 0.3) is 0 Å². The minimum atomic E-state index is -0.698. The van der Waals surface area contributed by atoms with Crippen molar-refractivity contribution in [1.82, 2.24) is 30.3 Å². The van der Waals surface area contributed by atoms with Crippen molar-refractivity contribution in [2.45, 2.75) is 72.1 Å². The van der Waals surface area contributed by atoms with E-state index in [1.807, 2.05) is 19.9 Å². The first-order valence-electron chi connectivity index (χ1n) is 12.7. The molecule has 3 aromatic rings. The molecule has 0 aliphatic rings. The van der Waals surface area contributed by atoms with Gasteiger partial charge >= 0.3 is 6.09 Å². The number of carbonyl (C=O) groups excluding carboxylic acids is 1. The molecule has 208 valence electrons. The normalized spacial score (nSPS) is 12.7. The predicted molar refractivity (Wildman–Crippen MR) is 144 cm³/mol. The van der Waals surface area contributed by atoms with Gasteiger partial charge in [-0.1, -0.05) is 18.6 Å². The van der Waals surface area contributed by atoms with Crippen LogP contribution in [0.2, 0.25) is 0 Å². The summed E-state index contributed by atoms with van der Waals surface area (Å²) in [4.78, 5) is 21.0. The van der Waals surface area contributed by atoms with Crippen LogP contribution < -0.4 is 20.7 Å². The van der Waals surface area contributed by atoms with E-state index in [1.54, 1.807) is 40.0 Å². The Bertz CT molecular complexity index is 1300. The fraction of sp³-hybridized carbons (Fsp3) is 0.462. The Hall–Kier alpha value is -4.47. The molecule has 3 N–H and O–H groups in total. The van der Waals surface area contributed by atoms with Crippen LogP contribution in [0.3, 0.4) is 0 Å². The van der Waals surface area contributed by atoms with Gasteiger partial charge in [0.05, 0.1) is 36.4 Å². The molecule has 0 fully saturated rings. The number of hydrogen-bond donors (Lipinski definition) is 3. The van der Waals surface area contributed by atoms with Gasteiger partial charge in [0, 0.05) is 12.1 Å². The molecule has 2 atom stereocenters. The van der Waals surface area contributed by atoms with E-state index < -0.39 is 23.6 Å². The van der Waals surface area contributed by atoms with E-state index in [1.165, 1.54) is 17.1 Å². The lowest BCUT2D eigenvalue weighted by atomic mass is 10.0. The Labute approximate surface area is 226 Å². The number of amides is 1. The Kier molecular flexibility index (Phi) is 9.59. The number of ether oxygens (including phenoxy) is 2. The van der Waals surface area contributed by atoms with E-state index in [-0.39, 0.29) is 23.2 Å². The second kappa shape index (κ2) is 12.9. The van der Waals surface area contributed by atoms with Crippen LogP contribution in [0.25, 0.3) is 5.69 Å². The lowest BCUT2D eigenvalue weighted by Gasteiger charge is -2.28. The molecule has 3 rings (SSSR count). The van der Waals surface area contributed by atoms with Crippen molar-refractivity contribution in [2.75, 3.05) is 17.2 Å². The number of carbonyl (C=O) groups is 1. The number of pyridine rings is 2. The molecule has 0 aliphatic heterocycles. The van der Waals surface area contributed by atoms with Crippen molar-refractivity contribution >= 4 is 23.4 Å². The fourth-order valence-electron chi connectivity index (χ4n) is 3.69. The van der Waals surface area contributed by atoms with Crippen LogP contribution in [0.5, 0.6) is 5.88 Å². The van der Waals surface area contributed by atoms with Crippen LogP contribution in [0.15, 0.2) is 30.7 Å². The zero-order valence-electron chi connectivity index (χ0n) is 22.9. The number of anilines is 3. The van der Waals surface area contributed by atoms with Crippen molar-refractivity contribution in [3.63, 3.8) is 0 Å². The van der Waals surface area contributed by atoms with Gasteiger partial charge < -0.3 is 25.4 Å². The number of rotatable bonds is 11. The highest BCUT2D eigenvalue weighted by Gasteiger charge is 2.24. The highest BCUT2D eigenvalue weighted by molar-refractivity contribution is 5.69. The largest absolute Gasteiger partial charge is 0.476 e. The summed E-state index contributed by atoms with van der Waals surface area (Å²) in [7, 11) is 0. The second-order valence-electron chi connectivity index (χ2n) is 9.76. The maximum absolute atomic E-state index is 15.0. The number of aromatic nitrogens is 5. The number of alkyl carbamates (subject to hydrolysis) is 1. The smallest absolute Gasteiger partial charge is 0.407 e. The third kappa shape index (κ3) is 8.00. The molecule has 0 aromatic carbocycles. The molecule has 0 saturated heterocycles. The van der Waals surface area contributed by atoms with Crippen LogP contribution in [0, 0.1) is 17.1 Å². The molecule has 0 radical (unpaired) electrons. The van der Waals surface area contributed by atoms with Crippen LogP contribution >= 0.6 is 0 Å². The molecule has 3 aromatic heterocycles. The summed E-state index contributed by atoms with van der Waals surface area (Å²) < 4.78 is 27.5. The maximum Gasteiger partial charge on any atom is 0.407 e. The average molecular weight is 540 g/mol. The Balaban J connectivity index is 1.88. The second-order valence-corrected chi connectivity index (χ2v) is 9.76. The van der Waals surface area contributed by atoms with Gasteiger partial charge in [0.2, 0.25) is 5.88 Å². The predicted octanol–water partition coefficient (Wildman–Crippen LogP) is 4.70. The van der Waals surface area contributed by atoms with E-state index >= 15 is 4.39 Å². The zero-order chi connectivity index (χ0) is 28.6. The first kappa shape index (κ1) is 29.1. The van der Waals surface area contributed by atoms with Crippen molar-refractivity contribution in [3.8, 4) is 17.6 Å². The van der Waals surface area contributed by atoms with Gasteiger partial charge in [-0.2, -0.15) is 5.26 Å². The van der Waals surface area contributed by atoms with Crippen LogP contribution in [-0.2, 0) is 4.74 Å². The molecule has 0 spiro atoms. The first-order valence-corrected chi connectivity index (χ1v) is 12.7. The third-order valence-corrected chi connectivity index (χ3v) is 5.41. The van der Waals surface area contributed by atoms with Crippen molar-refractivity contribution in [1.29, 1.82) is 5.26 Å². The minimum Gasteiger partial charge on any atom is -0.476 e. The van der Waals surface area contributed by atoms with Gasteiger partial charge in [0.1, 0.15) is 17.4 Å². The maximum atomic E-state index is 15.0. The topological polar surface area (TPSA) is 152 Å². The summed E-state index contributed by atoms with van der Waals surface area (Å²) in [6.07, 6.45) is 5.49. The lowest BCUT2D eigenvalue weighted by molar-refractivity contribution is 0.0502. The van der Waals surface area contributed by atoms with Crippen molar-refractivity contribution < 1.29 is 18.7 Å². The molecule has 0 saturated carbocycles. The van der Waals surface area contributed by atoms with Crippen LogP contribution in [0.4, 0.5) is 26.5 Å². The minimum absolute atomic E-state index is 0.00112. The highest BCUT2D eigenvalue weighted by atomic mass is 19.1. The molecular weight excluding hydrogens is 505 g/mol. The summed E-state index contributed by atoms with van der Waals surface area (Å²) in [6, 6.07) is 4.01. The van der Waals surface area contributed by atoms with Crippen molar-refractivity contribution in [3.05, 3.63) is 42.1 Å². The average Bonchev–Trinajstić information content (AvgIpc) is 3.40. The van der Waals surface area contributed by atoms with E-state index in [4.69, 9.17) is 9.47 Å². The van der Waals surface area contributed by atoms with Crippen LogP contribution in [0.1, 0.15) is 59.9 Å². The zero-order valence-corrected chi connectivity index (χ0v) is 22.9. The Morgan fingerprint density at radius 3 is 2.64 bits per heavy atom. The summed E-state index contributed by atoms with van der Waals surface area (Å²) in [5.74, 6) is -0.295. The molecule has 13 heteroatoms. The van der Waals surface area contributed by atoms with Gasteiger partial charge in [-0.25, -0.2) is 23.8 Å². The summed E-state index contributed by atoms with van der Waals surface area (Å²) >= 11 is 0. The van der Waals surface area contributed by atoms with E-state index in [2.05, 4.69) is 36.2 Å². The number of nitrogens with zero attached hydrogens (tertiary/aromatic N) is 6. The first-order chi connectivity index (χ1) is 18.5. The Morgan fingerprint density at radius 1 is 1.26 bits per heavy atom. The van der Waals surface area contributed by atoms with E-state index in [0.29, 0.717) is 30.3 Å². The standard InChI is InChI=1S/C26H34FN9O3/c1-7-9-20(16(3)31-25(37)39-26(4,5)6)33-23-19(27)12-17(14-28)22(34-23)32-18-13-21(36-11-10-30-35-36)24(29-15-18)38-8-2/h10-13,15-16,20H,7-9H2,1-6H3,(H,31,37)(H2,32,33,34)/t16-,20+/m0/s1. The fourth-order valence-corrected chi connectivity index (χ4v) is 3.69. The third-order valence-electron chi connectivity index (χ3n) is 5.41. The summed E-state index contributed by atoms with van der Waals surface area (Å²) in [5, 5.41) is 26.4. The SMILES string of the molecule is CCC[C@@H](Nc1nc(Nc2cnc(OCC)c(-n3ccnn3)c2)c(C#N)cc1F)[C@H](C)NC(=O)OC(C)(C)C. The molecular formula is C26H34FN9O3. The monoisotopic (exact) mass is 539 g/mol.